The SMILES string of the molecule is CCc1nc(Cl)c(-c2ccc(F)cc2)c(Cl)n1. The minimum Gasteiger partial charge on any atom is -0.220 e. The van der Waals surface area contributed by atoms with Gasteiger partial charge < -0.3 is 0 Å². The van der Waals surface area contributed by atoms with Crippen molar-refractivity contribution in [2.75, 3.05) is 0 Å². The first-order valence-electron chi connectivity index (χ1n) is 5.09. The lowest BCUT2D eigenvalue weighted by molar-refractivity contribution is 0.628. The van der Waals surface area contributed by atoms with E-state index < -0.39 is 0 Å². The molecule has 0 atom stereocenters. The molecule has 2 aromatic rings. The molecule has 0 aliphatic rings. The maximum Gasteiger partial charge on any atom is 0.142 e. The number of aryl methyl sites for hydroxylation is 1. The topological polar surface area (TPSA) is 25.8 Å². The van der Waals surface area contributed by atoms with Gasteiger partial charge in [-0.1, -0.05) is 42.3 Å². The lowest BCUT2D eigenvalue weighted by atomic mass is 10.1. The van der Waals surface area contributed by atoms with E-state index in [-0.39, 0.29) is 16.1 Å². The van der Waals surface area contributed by atoms with Crippen LogP contribution in [0.25, 0.3) is 11.1 Å². The molecule has 0 spiro atoms. The van der Waals surface area contributed by atoms with Gasteiger partial charge in [0.2, 0.25) is 0 Å². The van der Waals surface area contributed by atoms with Crippen molar-refractivity contribution < 1.29 is 4.39 Å². The van der Waals surface area contributed by atoms with Crippen LogP contribution in [0.5, 0.6) is 0 Å². The van der Waals surface area contributed by atoms with Crippen molar-refractivity contribution in [3.05, 3.63) is 46.2 Å². The maximum absolute atomic E-state index is 12.8. The standard InChI is InChI=1S/C12H9Cl2FN2/c1-2-9-16-11(13)10(12(14)17-9)7-3-5-8(15)6-4-7/h3-6H,2H2,1H3. The highest BCUT2D eigenvalue weighted by atomic mass is 35.5. The highest BCUT2D eigenvalue weighted by Gasteiger charge is 2.12. The van der Waals surface area contributed by atoms with Gasteiger partial charge in [0, 0.05) is 6.42 Å². The molecule has 1 aromatic carbocycles. The Morgan fingerprint density at radius 1 is 1.06 bits per heavy atom. The summed E-state index contributed by atoms with van der Waals surface area (Å²) in [7, 11) is 0. The Morgan fingerprint density at radius 2 is 1.59 bits per heavy atom. The van der Waals surface area contributed by atoms with Gasteiger partial charge in [-0.05, 0) is 17.7 Å². The smallest absolute Gasteiger partial charge is 0.142 e. The molecule has 0 aliphatic carbocycles. The fourth-order valence-corrected chi connectivity index (χ4v) is 2.10. The summed E-state index contributed by atoms with van der Waals surface area (Å²) in [5.74, 6) is 0.276. The fourth-order valence-electron chi connectivity index (χ4n) is 1.46. The van der Waals surface area contributed by atoms with Crippen LogP contribution in [0.4, 0.5) is 4.39 Å². The third-order valence-electron chi connectivity index (χ3n) is 2.32. The fraction of sp³-hybridized carbons (Fsp3) is 0.167. The van der Waals surface area contributed by atoms with Gasteiger partial charge in [-0.15, -0.1) is 0 Å². The summed E-state index contributed by atoms with van der Waals surface area (Å²) in [5.41, 5.74) is 1.23. The molecule has 17 heavy (non-hydrogen) atoms. The first-order chi connectivity index (χ1) is 8.11. The molecule has 0 bridgehead atoms. The van der Waals surface area contributed by atoms with E-state index in [1.54, 1.807) is 12.1 Å². The maximum atomic E-state index is 12.8. The molecule has 5 heteroatoms. The van der Waals surface area contributed by atoms with E-state index in [2.05, 4.69) is 9.97 Å². The summed E-state index contributed by atoms with van der Waals surface area (Å²) >= 11 is 12.1. The van der Waals surface area contributed by atoms with E-state index in [1.165, 1.54) is 12.1 Å². The van der Waals surface area contributed by atoms with Crippen LogP contribution < -0.4 is 0 Å². The van der Waals surface area contributed by atoms with E-state index in [4.69, 9.17) is 23.2 Å². The monoisotopic (exact) mass is 270 g/mol. The molecular weight excluding hydrogens is 262 g/mol. The van der Waals surface area contributed by atoms with Gasteiger partial charge in [0.1, 0.15) is 21.9 Å². The van der Waals surface area contributed by atoms with Crippen LogP contribution in [0.15, 0.2) is 24.3 Å². The third-order valence-corrected chi connectivity index (χ3v) is 2.86. The predicted molar refractivity (Wildman–Crippen MR) is 66.8 cm³/mol. The molecule has 0 N–H and O–H groups in total. The molecule has 88 valence electrons. The number of nitrogens with zero attached hydrogens (tertiary/aromatic N) is 2. The summed E-state index contributed by atoms with van der Waals surface area (Å²) < 4.78 is 12.8. The molecule has 0 unspecified atom stereocenters. The zero-order chi connectivity index (χ0) is 12.4. The van der Waals surface area contributed by atoms with Crippen molar-refractivity contribution in [3.63, 3.8) is 0 Å². The first kappa shape index (κ1) is 12.3. The molecule has 0 saturated carbocycles. The molecule has 0 fully saturated rings. The van der Waals surface area contributed by atoms with Crippen molar-refractivity contribution in [1.29, 1.82) is 0 Å². The second kappa shape index (κ2) is 4.98. The Balaban J connectivity index is 2.55. The second-order valence-electron chi connectivity index (χ2n) is 3.46. The van der Waals surface area contributed by atoms with Gasteiger partial charge in [-0.25, -0.2) is 14.4 Å². The summed E-state index contributed by atoms with van der Waals surface area (Å²) in [5, 5.41) is 0.571. The molecule has 2 rings (SSSR count). The Labute approximate surface area is 108 Å². The average molecular weight is 271 g/mol. The molecule has 1 heterocycles. The van der Waals surface area contributed by atoms with Crippen LogP contribution in [0.1, 0.15) is 12.7 Å². The number of aromatic nitrogens is 2. The van der Waals surface area contributed by atoms with Gasteiger partial charge in [0.05, 0.1) is 5.56 Å². The zero-order valence-corrected chi connectivity index (χ0v) is 10.6. The number of rotatable bonds is 2. The van der Waals surface area contributed by atoms with Crippen molar-refractivity contribution in [1.82, 2.24) is 9.97 Å². The molecule has 1 aromatic heterocycles. The van der Waals surface area contributed by atoms with Crippen LogP contribution >= 0.6 is 23.2 Å². The van der Waals surface area contributed by atoms with E-state index in [1.807, 2.05) is 6.92 Å². The highest BCUT2D eigenvalue weighted by molar-refractivity contribution is 6.37. The largest absolute Gasteiger partial charge is 0.220 e. The van der Waals surface area contributed by atoms with Gasteiger partial charge in [0.15, 0.2) is 0 Å². The van der Waals surface area contributed by atoms with Crippen LogP contribution in [-0.2, 0) is 6.42 Å². The highest BCUT2D eigenvalue weighted by Crippen LogP contribution is 2.32. The zero-order valence-electron chi connectivity index (χ0n) is 9.04. The minimum absolute atomic E-state index is 0.286. The predicted octanol–water partition coefficient (Wildman–Crippen LogP) is 4.15. The van der Waals surface area contributed by atoms with E-state index in [9.17, 15) is 4.39 Å². The van der Waals surface area contributed by atoms with E-state index in [0.717, 1.165) is 0 Å². The van der Waals surface area contributed by atoms with Crippen LogP contribution in [0.2, 0.25) is 10.3 Å². The summed E-state index contributed by atoms with van der Waals surface area (Å²) in [6.07, 6.45) is 0.656. The van der Waals surface area contributed by atoms with Gasteiger partial charge in [-0.2, -0.15) is 0 Å². The van der Waals surface area contributed by atoms with Gasteiger partial charge in [0.25, 0.3) is 0 Å². The first-order valence-corrected chi connectivity index (χ1v) is 5.85. The van der Waals surface area contributed by atoms with Crippen LogP contribution in [0, 0.1) is 5.82 Å². The molecule has 2 nitrogen and oxygen atoms in total. The minimum atomic E-state index is -0.313. The third kappa shape index (κ3) is 2.56. The summed E-state index contributed by atoms with van der Waals surface area (Å²) in [4.78, 5) is 8.25. The van der Waals surface area contributed by atoms with Crippen molar-refractivity contribution in [3.8, 4) is 11.1 Å². The molecular formula is C12H9Cl2FN2. The quantitative estimate of drug-likeness (QED) is 0.767. The Morgan fingerprint density at radius 3 is 2.06 bits per heavy atom. The van der Waals surface area contributed by atoms with Crippen molar-refractivity contribution in [2.24, 2.45) is 0 Å². The molecule has 0 saturated heterocycles. The lowest BCUT2D eigenvalue weighted by Crippen LogP contribution is -1.96. The number of benzene rings is 1. The van der Waals surface area contributed by atoms with Crippen molar-refractivity contribution >= 4 is 23.2 Å². The Hall–Kier alpha value is -1.19. The summed E-state index contributed by atoms with van der Waals surface area (Å²) in [6, 6.07) is 5.88. The summed E-state index contributed by atoms with van der Waals surface area (Å²) in [6.45, 7) is 1.92. The average Bonchev–Trinajstić information content (AvgIpc) is 2.30. The Kier molecular flexibility index (Phi) is 3.60. The lowest BCUT2D eigenvalue weighted by Gasteiger charge is -2.07. The van der Waals surface area contributed by atoms with Crippen LogP contribution in [0.3, 0.4) is 0 Å². The van der Waals surface area contributed by atoms with Crippen LogP contribution in [-0.4, -0.2) is 9.97 Å². The molecule has 0 aliphatic heterocycles. The molecule has 0 radical (unpaired) electrons. The van der Waals surface area contributed by atoms with Crippen molar-refractivity contribution in [2.45, 2.75) is 13.3 Å². The Bertz CT molecular complexity index is 518. The van der Waals surface area contributed by atoms with E-state index in [0.29, 0.717) is 23.4 Å². The van der Waals surface area contributed by atoms with Gasteiger partial charge >= 0.3 is 0 Å². The number of halogens is 3. The second-order valence-corrected chi connectivity index (χ2v) is 4.17. The van der Waals surface area contributed by atoms with Gasteiger partial charge in [-0.3, -0.25) is 0 Å². The number of hydrogen-bond acceptors (Lipinski definition) is 2. The van der Waals surface area contributed by atoms with E-state index >= 15 is 0 Å². The number of hydrogen-bond donors (Lipinski definition) is 0. The molecule has 0 amide bonds. The normalized spacial score (nSPS) is 10.6.